The number of aromatic amines is 2. The molecule has 19 heavy (non-hydrogen) atoms. The fraction of sp³-hybridized carbons (Fsp3) is 0.455. The monoisotopic (exact) mass is 268 g/mol. The molecule has 5 N–H and O–H groups in total. The predicted molar refractivity (Wildman–Crippen MR) is 62.2 cm³/mol. The molecule has 102 valence electrons. The summed E-state index contributed by atoms with van der Waals surface area (Å²) in [7, 11) is 0. The van der Waals surface area contributed by atoms with E-state index in [9.17, 15) is 19.8 Å². The Morgan fingerprint density at radius 3 is 2.63 bits per heavy atom. The summed E-state index contributed by atoms with van der Waals surface area (Å²) in [6.45, 7) is -0.580. The zero-order valence-corrected chi connectivity index (χ0v) is 9.66. The molecule has 0 amide bonds. The summed E-state index contributed by atoms with van der Waals surface area (Å²) >= 11 is 0. The highest BCUT2D eigenvalue weighted by molar-refractivity contribution is 5.32. The summed E-state index contributed by atoms with van der Waals surface area (Å²) in [5, 5.41) is 28.7. The summed E-state index contributed by atoms with van der Waals surface area (Å²) in [6.07, 6.45) is 2.13. The zero-order valence-electron chi connectivity index (χ0n) is 9.66. The van der Waals surface area contributed by atoms with E-state index in [2.05, 4.69) is 10.9 Å². The Bertz CT molecular complexity index is 629. The fourth-order valence-corrected chi connectivity index (χ4v) is 2.07. The lowest BCUT2D eigenvalue weighted by molar-refractivity contribution is -0.0608. The number of nitrogens with one attached hydrogen (secondary N) is 2. The molecular formula is C11H12N2O6. The van der Waals surface area contributed by atoms with Crippen molar-refractivity contribution in [2.45, 2.75) is 23.9 Å². The van der Waals surface area contributed by atoms with Crippen LogP contribution in [0.2, 0.25) is 0 Å². The molecule has 0 saturated carbocycles. The normalized spacial score (nSPS) is 34.1. The molecule has 0 aliphatic carbocycles. The molecule has 1 aromatic rings. The van der Waals surface area contributed by atoms with Crippen LogP contribution < -0.4 is 11.2 Å². The number of aromatic nitrogens is 2. The van der Waals surface area contributed by atoms with Gasteiger partial charge in [0.2, 0.25) is 0 Å². The van der Waals surface area contributed by atoms with Crippen LogP contribution in [0.1, 0.15) is 5.56 Å². The molecule has 1 aromatic heterocycles. The van der Waals surface area contributed by atoms with Crippen LogP contribution in [0.15, 0.2) is 15.8 Å². The van der Waals surface area contributed by atoms with Crippen molar-refractivity contribution < 1.29 is 20.1 Å². The van der Waals surface area contributed by atoms with Crippen LogP contribution in [0.4, 0.5) is 0 Å². The molecule has 1 aliphatic rings. The van der Waals surface area contributed by atoms with Crippen molar-refractivity contribution in [3.63, 3.8) is 0 Å². The number of hydrogen-bond acceptors (Lipinski definition) is 6. The van der Waals surface area contributed by atoms with Crippen LogP contribution in [-0.4, -0.2) is 50.2 Å². The quantitative estimate of drug-likeness (QED) is 0.363. The highest BCUT2D eigenvalue weighted by atomic mass is 16.6. The van der Waals surface area contributed by atoms with Crippen LogP contribution in [0.5, 0.6) is 0 Å². The summed E-state index contributed by atoms with van der Waals surface area (Å²) in [6, 6.07) is 0. The number of terminal acetylenes is 1. The van der Waals surface area contributed by atoms with E-state index in [1.807, 2.05) is 4.98 Å². The molecule has 2 rings (SSSR count). The smallest absolute Gasteiger partial charge is 0.325 e. The fourth-order valence-electron chi connectivity index (χ4n) is 2.07. The van der Waals surface area contributed by atoms with Crippen LogP contribution in [0.25, 0.3) is 0 Å². The molecule has 0 unspecified atom stereocenters. The first-order valence-electron chi connectivity index (χ1n) is 5.41. The maximum absolute atomic E-state index is 11.7. The number of aliphatic hydroxyl groups is 3. The van der Waals surface area contributed by atoms with Gasteiger partial charge in [-0.05, 0) is 0 Å². The molecule has 2 heterocycles. The Balaban J connectivity index is 2.59. The number of H-pyrrole nitrogens is 2. The van der Waals surface area contributed by atoms with Crippen LogP contribution >= 0.6 is 0 Å². The summed E-state index contributed by atoms with van der Waals surface area (Å²) in [4.78, 5) is 26.8. The van der Waals surface area contributed by atoms with Gasteiger partial charge in [-0.1, -0.05) is 5.92 Å². The van der Waals surface area contributed by atoms with Gasteiger partial charge in [0, 0.05) is 6.20 Å². The minimum Gasteiger partial charge on any atom is -0.394 e. The minimum atomic E-state index is -1.93. The third-order valence-electron chi connectivity index (χ3n) is 3.07. The van der Waals surface area contributed by atoms with Crippen molar-refractivity contribution in [1.29, 1.82) is 0 Å². The Hall–Kier alpha value is -1.92. The second kappa shape index (κ2) is 4.64. The maximum Gasteiger partial charge on any atom is 0.325 e. The van der Waals surface area contributed by atoms with E-state index in [0.29, 0.717) is 0 Å². The molecule has 1 fully saturated rings. The average Bonchev–Trinajstić information content (AvgIpc) is 2.64. The lowest BCUT2D eigenvalue weighted by atomic mass is 9.89. The molecule has 1 saturated heterocycles. The van der Waals surface area contributed by atoms with Crippen molar-refractivity contribution in [3.8, 4) is 12.3 Å². The number of ether oxygens (including phenoxy) is 1. The first kappa shape index (κ1) is 13.5. The first-order chi connectivity index (χ1) is 8.96. The van der Waals surface area contributed by atoms with Gasteiger partial charge in [0.1, 0.15) is 18.3 Å². The van der Waals surface area contributed by atoms with Crippen LogP contribution in [-0.2, 0) is 10.3 Å². The van der Waals surface area contributed by atoms with E-state index in [-0.39, 0.29) is 5.56 Å². The molecule has 8 heteroatoms. The Labute approximate surface area is 106 Å². The van der Waals surface area contributed by atoms with Crippen molar-refractivity contribution >= 4 is 0 Å². The molecule has 4 atom stereocenters. The van der Waals surface area contributed by atoms with Gasteiger partial charge in [-0.2, -0.15) is 0 Å². The lowest BCUT2D eigenvalue weighted by Gasteiger charge is -2.25. The van der Waals surface area contributed by atoms with Gasteiger partial charge >= 0.3 is 5.69 Å². The highest BCUT2D eigenvalue weighted by Crippen LogP contribution is 2.37. The van der Waals surface area contributed by atoms with E-state index in [0.717, 1.165) is 6.20 Å². The Morgan fingerprint density at radius 1 is 1.47 bits per heavy atom. The molecule has 0 radical (unpaired) electrons. The van der Waals surface area contributed by atoms with Gasteiger partial charge in [-0.15, -0.1) is 6.42 Å². The number of rotatable bonds is 2. The molecule has 1 aliphatic heterocycles. The standard InChI is InChI=1S/C11H12N2O6/c1-2-11(5-3-12-10(18)13-9(5)17)8(16)7(15)6(4-14)19-11/h1,3,6-8,14-16H,4H2,(H2,12,13,17,18)/t6-,7-,8-,11+/m1/s1. The van der Waals surface area contributed by atoms with Gasteiger partial charge < -0.3 is 25.0 Å². The lowest BCUT2D eigenvalue weighted by Crippen LogP contribution is -2.44. The number of aliphatic hydroxyl groups excluding tert-OH is 3. The van der Waals surface area contributed by atoms with Gasteiger partial charge in [-0.25, -0.2) is 4.79 Å². The van der Waals surface area contributed by atoms with Crippen molar-refractivity contribution in [1.82, 2.24) is 9.97 Å². The minimum absolute atomic E-state index is 0.225. The second-order valence-electron chi connectivity index (χ2n) is 4.14. The van der Waals surface area contributed by atoms with E-state index >= 15 is 0 Å². The predicted octanol–water partition coefficient (Wildman–Crippen LogP) is -3.00. The van der Waals surface area contributed by atoms with Gasteiger partial charge in [0.25, 0.3) is 5.56 Å². The summed E-state index contributed by atoms with van der Waals surface area (Å²) in [5.41, 5.74) is -3.73. The molecule has 8 nitrogen and oxygen atoms in total. The Kier molecular flexibility index (Phi) is 3.30. The third-order valence-corrected chi connectivity index (χ3v) is 3.07. The average molecular weight is 268 g/mol. The SMILES string of the molecule is C#C[C@@]1(c2c[nH]c(=O)[nH]c2=O)O[C@H](CO)[C@@H](O)[C@H]1O. The summed E-state index contributed by atoms with van der Waals surface area (Å²) < 4.78 is 5.25. The second-order valence-corrected chi connectivity index (χ2v) is 4.14. The third kappa shape index (κ3) is 1.89. The van der Waals surface area contributed by atoms with Gasteiger partial charge in [0.15, 0.2) is 5.60 Å². The van der Waals surface area contributed by atoms with Crippen molar-refractivity contribution in [2.75, 3.05) is 6.61 Å². The van der Waals surface area contributed by atoms with Crippen molar-refractivity contribution in [2.24, 2.45) is 0 Å². The number of hydrogen-bond donors (Lipinski definition) is 5. The largest absolute Gasteiger partial charge is 0.394 e. The van der Waals surface area contributed by atoms with Crippen LogP contribution in [0, 0.1) is 12.3 Å². The van der Waals surface area contributed by atoms with Crippen LogP contribution in [0.3, 0.4) is 0 Å². The summed E-state index contributed by atoms with van der Waals surface area (Å²) in [5.74, 6) is 2.11. The van der Waals surface area contributed by atoms with E-state index < -0.39 is 41.8 Å². The topological polar surface area (TPSA) is 136 Å². The van der Waals surface area contributed by atoms with Gasteiger partial charge in [0.05, 0.1) is 12.2 Å². The van der Waals surface area contributed by atoms with Crippen molar-refractivity contribution in [3.05, 3.63) is 32.6 Å². The highest BCUT2D eigenvalue weighted by Gasteiger charge is 2.55. The first-order valence-corrected chi connectivity index (χ1v) is 5.41. The Morgan fingerprint density at radius 2 is 2.16 bits per heavy atom. The molecule has 0 bridgehead atoms. The van der Waals surface area contributed by atoms with Gasteiger partial charge in [-0.3, -0.25) is 9.78 Å². The molecule has 0 aromatic carbocycles. The van der Waals surface area contributed by atoms with E-state index in [4.69, 9.17) is 16.3 Å². The molecule has 0 spiro atoms. The van der Waals surface area contributed by atoms with E-state index in [1.165, 1.54) is 0 Å². The van der Waals surface area contributed by atoms with E-state index in [1.54, 1.807) is 0 Å². The zero-order chi connectivity index (χ0) is 14.2. The maximum atomic E-state index is 11.7. The molecular weight excluding hydrogens is 256 g/mol.